The number of benzene rings is 2. The highest BCUT2D eigenvalue weighted by molar-refractivity contribution is 6.36. The average Bonchev–Trinajstić information content (AvgIpc) is 3.38. The van der Waals surface area contributed by atoms with Gasteiger partial charge in [-0.2, -0.15) is 0 Å². The number of nitrogens with zero attached hydrogens (tertiary/aromatic N) is 1. The molecule has 1 N–H and O–H groups in total. The summed E-state index contributed by atoms with van der Waals surface area (Å²) in [6.07, 6.45) is 1.51. The molecule has 7 heteroatoms. The number of methoxy groups -OCH3 is 2. The second kappa shape index (κ2) is 8.63. The summed E-state index contributed by atoms with van der Waals surface area (Å²) >= 11 is 0. The van der Waals surface area contributed by atoms with E-state index in [0.29, 0.717) is 34.1 Å². The Morgan fingerprint density at radius 2 is 1.69 bits per heavy atom. The molecule has 0 saturated carbocycles. The minimum atomic E-state index is -0.422. The fraction of sp³-hybridized carbons (Fsp3) is 0.200. The van der Waals surface area contributed by atoms with Crippen LogP contribution in [0.15, 0.2) is 64.9 Å². The van der Waals surface area contributed by atoms with Crippen LogP contribution in [0.4, 0.5) is 5.69 Å². The van der Waals surface area contributed by atoms with Crippen LogP contribution < -0.4 is 14.8 Å². The topological polar surface area (TPSA) is 81.0 Å². The fourth-order valence-corrected chi connectivity index (χ4v) is 3.62. The molecule has 0 aliphatic carbocycles. The number of furan rings is 1. The lowest BCUT2D eigenvalue weighted by Crippen LogP contribution is -2.31. The van der Waals surface area contributed by atoms with Crippen LogP contribution in [-0.4, -0.2) is 30.9 Å². The fourth-order valence-electron chi connectivity index (χ4n) is 3.62. The van der Waals surface area contributed by atoms with Gasteiger partial charge in [0, 0.05) is 11.8 Å². The predicted molar refractivity (Wildman–Crippen MR) is 120 cm³/mol. The number of imide groups is 1. The van der Waals surface area contributed by atoms with Crippen molar-refractivity contribution in [3.05, 3.63) is 82.9 Å². The molecule has 0 atom stereocenters. The normalized spacial score (nSPS) is 13.7. The molecule has 0 spiro atoms. The molecule has 7 nitrogen and oxygen atoms in total. The van der Waals surface area contributed by atoms with Crippen LogP contribution in [0, 0.1) is 13.8 Å². The molecular weight excluding hydrogens is 408 g/mol. The van der Waals surface area contributed by atoms with Crippen molar-refractivity contribution >= 4 is 23.1 Å². The number of ether oxygens (including phenoxy) is 2. The predicted octanol–water partition coefficient (Wildman–Crippen LogP) is 4.31. The summed E-state index contributed by atoms with van der Waals surface area (Å²) in [5.41, 5.74) is 3.94. The molecule has 3 aromatic rings. The number of rotatable bonds is 7. The van der Waals surface area contributed by atoms with Gasteiger partial charge in [-0.15, -0.1) is 0 Å². The summed E-state index contributed by atoms with van der Waals surface area (Å²) in [4.78, 5) is 27.9. The molecule has 0 radical (unpaired) electrons. The summed E-state index contributed by atoms with van der Waals surface area (Å²) in [5.74, 6) is 0.801. The van der Waals surface area contributed by atoms with E-state index in [2.05, 4.69) is 5.32 Å². The number of hydrogen-bond donors (Lipinski definition) is 1. The van der Waals surface area contributed by atoms with Gasteiger partial charge in [0.1, 0.15) is 11.5 Å². The van der Waals surface area contributed by atoms with Gasteiger partial charge >= 0.3 is 0 Å². The third-order valence-corrected chi connectivity index (χ3v) is 5.51. The van der Waals surface area contributed by atoms with Gasteiger partial charge in [0.05, 0.1) is 32.6 Å². The summed E-state index contributed by atoms with van der Waals surface area (Å²) in [5, 5.41) is 3.14. The van der Waals surface area contributed by atoms with Gasteiger partial charge in [0.15, 0.2) is 11.5 Å². The van der Waals surface area contributed by atoms with Crippen molar-refractivity contribution in [1.82, 2.24) is 4.90 Å². The molecule has 0 saturated heterocycles. The molecule has 1 aliphatic rings. The van der Waals surface area contributed by atoms with Crippen molar-refractivity contribution in [1.29, 1.82) is 0 Å². The average molecular weight is 432 g/mol. The van der Waals surface area contributed by atoms with Crippen molar-refractivity contribution in [2.24, 2.45) is 0 Å². The first kappa shape index (κ1) is 21.2. The van der Waals surface area contributed by atoms with Crippen molar-refractivity contribution < 1.29 is 23.5 Å². The Hall–Kier alpha value is -4.00. The van der Waals surface area contributed by atoms with Gasteiger partial charge in [-0.25, -0.2) is 0 Å². The number of carbonyl (C=O) groups excluding carboxylic acids is 2. The highest BCUT2D eigenvalue weighted by Crippen LogP contribution is 2.35. The highest BCUT2D eigenvalue weighted by atomic mass is 16.5. The summed E-state index contributed by atoms with van der Waals surface area (Å²) < 4.78 is 16.0. The quantitative estimate of drug-likeness (QED) is 0.561. The first-order valence-corrected chi connectivity index (χ1v) is 10.1. The Morgan fingerprint density at radius 1 is 0.906 bits per heavy atom. The summed E-state index contributed by atoms with van der Waals surface area (Å²) in [6, 6.07) is 14.4. The van der Waals surface area contributed by atoms with Gasteiger partial charge < -0.3 is 19.2 Å². The molecule has 0 bridgehead atoms. The van der Waals surface area contributed by atoms with Crippen LogP contribution in [-0.2, 0) is 16.1 Å². The van der Waals surface area contributed by atoms with E-state index in [1.165, 1.54) is 18.3 Å². The Morgan fingerprint density at radius 3 is 2.34 bits per heavy atom. The largest absolute Gasteiger partial charge is 0.493 e. The summed E-state index contributed by atoms with van der Waals surface area (Å²) in [6.45, 7) is 4.03. The SMILES string of the molecule is COc1ccc(NC2=C(c3ccc(C)c(C)c3)C(=O)N(Cc3ccco3)C2=O)cc1OC. The van der Waals surface area contributed by atoms with Crippen molar-refractivity contribution in [3.63, 3.8) is 0 Å². The van der Waals surface area contributed by atoms with E-state index in [9.17, 15) is 9.59 Å². The number of hydrogen-bond acceptors (Lipinski definition) is 6. The smallest absolute Gasteiger partial charge is 0.278 e. The monoisotopic (exact) mass is 432 g/mol. The first-order chi connectivity index (χ1) is 15.4. The molecule has 0 fully saturated rings. The van der Waals surface area contributed by atoms with E-state index in [-0.39, 0.29) is 18.1 Å². The van der Waals surface area contributed by atoms with Gasteiger partial charge in [-0.1, -0.05) is 18.2 Å². The lowest BCUT2D eigenvalue weighted by molar-refractivity contribution is -0.137. The molecule has 4 rings (SSSR count). The first-order valence-electron chi connectivity index (χ1n) is 10.1. The van der Waals surface area contributed by atoms with E-state index in [1.54, 1.807) is 37.4 Å². The Bertz CT molecular complexity index is 1210. The molecule has 32 heavy (non-hydrogen) atoms. The lowest BCUT2D eigenvalue weighted by atomic mass is 9.99. The van der Waals surface area contributed by atoms with Gasteiger partial charge in [0.25, 0.3) is 11.8 Å². The molecule has 2 heterocycles. The number of anilines is 1. The second-order valence-corrected chi connectivity index (χ2v) is 7.52. The van der Waals surface area contributed by atoms with Crippen LogP contribution in [0.2, 0.25) is 0 Å². The van der Waals surface area contributed by atoms with E-state index in [4.69, 9.17) is 13.9 Å². The van der Waals surface area contributed by atoms with Gasteiger partial charge in [0.2, 0.25) is 0 Å². The minimum Gasteiger partial charge on any atom is -0.493 e. The van der Waals surface area contributed by atoms with E-state index >= 15 is 0 Å². The number of nitrogens with one attached hydrogen (secondary N) is 1. The molecule has 1 aliphatic heterocycles. The second-order valence-electron chi connectivity index (χ2n) is 7.52. The van der Waals surface area contributed by atoms with Crippen molar-refractivity contribution in [2.75, 3.05) is 19.5 Å². The number of aryl methyl sites for hydroxylation is 2. The van der Waals surface area contributed by atoms with E-state index in [0.717, 1.165) is 11.1 Å². The maximum absolute atomic E-state index is 13.4. The van der Waals surface area contributed by atoms with Crippen molar-refractivity contribution in [2.45, 2.75) is 20.4 Å². The zero-order valence-electron chi connectivity index (χ0n) is 18.4. The van der Waals surface area contributed by atoms with Gasteiger partial charge in [-0.3, -0.25) is 14.5 Å². The zero-order valence-corrected chi connectivity index (χ0v) is 18.4. The summed E-state index contributed by atoms with van der Waals surface area (Å²) in [7, 11) is 3.09. The Labute approximate surface area is 186 Å². The number of carbonyl (C=O) groups is 2. The Kier molecular flexibility index (Phi) is 5.73. The molecule has 2 aromatic carbocycles. The molecular formula is C25H24N2O5. The maximum Gasteiger partial charge on any atom is 0.278 e. The third kappa shape index (κ3) is 3.85. The maximum atomic E-state index is 13.4. The molecule has 1 aromatic heterocycles. The zero-order chi connectivity index (χ0) is 22.8. The molecule has 2 amide bonds. The van der Waals surface area contributed by atoms with E-state index in [1.807, 2.05) is 32.0 Å². The number of amides is 2. The van der Waals surface area contributed by atoms with Crippen LogP contribution >= 0.6 is 0 Å². The lowest BCUT2D eigenvalue weighted by Gasteiger charge is -2.14. The van der Waals surface area contributed by atoms with Crippen LogP contribution in [0.5, 0.6) is 11.5 Å². The van der Waals surface area contributed by atoms with Crippen LogP contribution in [0.3, 0.4) is 0 Å². The van der Waals surface area contributed by atoms with Crippen LogP contribution in [0.25, 0.3) is 5.57 Å². The molecule has 0 unspecified atom stereocenters. The van der Waals surface area contributed by atoms with Crippen LogP contribution in [0.1, 0.15) is 22.5 Å². The third-order valence-electron chi connectivity index (χ3n) is 5.51. The molecule has 164 valence electrons. The Balaban J connectivity index is 1.77. The van der Waals surface area contributed by atoms with E-state index < -0.39 is 5.91 Å². The highest BCUT2D eigenvalue weighted by Gasteiger charge is 2.39. The van der Waals surface area contributed by atoms with Gasteiger partial charge in [-0.05, 0) is 54.8 Å². The van der Waals surface area contributed by atoms with Crippen molar-refractivity contribution in [3.8, 4) is 11.5 Å². The minimum absolute atomic E-state index is 0.0517. The standard InChI is InChI=1S/C25H24N2O5/c1-15-7-8-17(12-16(15)2)22-23(26-18-9-10-20(30-3)21(13-18)31-4)25(29)27(24(22)28)14-19-6-5-11-32-19/h5-13,26H,14H2,1-4H3.